The molecule has 28 heavy (non-hydrogen) atoms. The number of nitrogens with zero attached hydrogens (tertiary/aromatic N) is 2. The Balaban J connectivity index is 1.48. The largest absolute Gasteiger partial charge is 0.367 e. The molecule has 0 radical (unpaired) electrons. The maximum absolute atomic E-state index is 5.88. The monoisotopic (exact) mass is 414 g/mol. The van der Waals surface area contributed by atoms with Crippen molar-refractivity contribution < 1.29 is 9.47 Å². The van der Waals surface area contributed by atoms with Gasteiger partial charge in [0.15, 0.2) is 0 Å². The van der Waals surface area contributed by atoms with Gasteiger partial charge in [-0.05, 0) is 62.8 Å². The third-order valence-electron chi connectivity index (χ3n) is 4.79. The van der Waals surface area contributed by atoms with Crippen LogP contribution in [0.1, 0.15) is 38.5 Å². The van der Waals surface area contributed by atoms with Crippen LogP contribution in [0.25, 0.3) is 0 Å². The summed E-state index contributed by atoms with van der Waals surface area (Å²) in [6.45, 7) is 1.71. The van der Waals surface area contributed by atoms with Crippen molar-refractivity contribution in [1.82, 2.24) is 0 Å². The van der Waals surface area contributed by atoms with E-state index < -0.39 is 0 Å². The van der Waals surface area contributed by atoms with E-state index in [2.05, 4.69) is 22.4 Å². The van der Waals surface area contributed by atoms with Gasteiger partial charge in [0, 0.05) is 23.0 Å². The third-order valence-corrected chi connectivity index (χ3v) is 7.26. The Morgan fingerprint density at radius 1 is 0.643 bits per heavy atom. The summed E-state index contributed by atoms with van der Waals surface area (Å²) in [6, 6.07) is 16.4. The molecule has 2 unspecified atom stereocenters. The molecule has 2 aromatic rings. The summed E-state index contributed by atoms with van der Waals surface area (Å²) in [5.41, 5.74) is 2.23. The lowest BCUT2D eigenvalue weighted by atomic mass is 10.2. The maximum Gasteiger partial charge on any atom is 0.107 e. The fourth-order valence-corrected chi connectivity index (χ4v) is 5.52. The molecule has 4 rings (SSSR count). The summed E-state index contributed by atoms with van der Waals surface area (Å²) in [7, 11) is 0. The zero-order valence-corrected chi connectivity index (χ0v) is 17.6. The van der Waals surface area contributed by atoms with Crippen LogP contribution in [0.2, 0.25) is 0 Å². The fourth-order valence-electron chi connectivity index (χ4n) is 3.28. The summed E-state index contributed by atoms with van der Waals surface area (Å²) < 4.78 is 11.8. The Bertz CT molecular complexity index is 722. The first-order valence-corrected chi connectivity index (χ1v) is 11.8. The highest BCUT2D eigenvalue weighted by Crippen LogP contribution is 2.39. The van der Waals surface area contributed by atoms with Crippen molar-refractivity contribution in [3.8, 4) is 0 Å². The molecule has 0 N–H and O–H groups in total. The lowest BCUT2D eigenvalue weighted by Gasteiger charge is -2.22. The summed E-state index contributed by atoms with van der Waals surface area (Å²) in [6.07, 6.45) is 6.98. The van der Waals surface area contributed by atoms with Crippen LogP contribution in [0.4, 0.5) is 11.4 Å². The standard InChI is InChI=1S/C22H26N2O2S2/c1-3-11-19(27-21-13-5-7-15-25-21)17(9-1)23-24-18-10-2-4-12-20(18)28-22-14-6-8-16-26-22/h1-4,9-12,21-22H,5-8,13-16H2. The van der Waals surface area contributed by atoms with Gasteiger partial charge in [0.25, 0.3) is 0 Å². The van der Waals surface area contributed by atoms with E-state index in [1.807, 2.05) is 36.4 Å². The highest BCUT2D eigenvalue weighted by atomic mass is 32.2. The SMILES string of the molecule is c1ccc(SC2CCCCO2)c(N=Nc2ccccc2SC2CCCCO2)c1. The van der Waals surface area contributed by atoms with Gasteiger partial charge in [0.05, 0.1) is 11.4 Å². The zero-order chi connectivity index (χ0) is 19.0. The fraction of sp³-hybridized carbons (Fsp3) is 0.455. The van der Waals surface area contributed by atoms with Crippen LogP contribution in [0, 0.1) is 0 Å². The first-order valence-electron chi connectivity index (χ1n) is 10.0. The average molecular weight is 415 g/mol. The summed E-state index contributed by atoms with van der Waals surface area (Å²) in [4.78, 5) is 2.25. The molecule has 0 saturated carbocycles. The number of benzene rings is 2. The first kappa shape index (κ1) is 20.0. The molecular formula is C22H26N2O2S2. The summed E-state index contributed by atoms with van der Waals surface area (Å²) in [5.74, 6) is 0. The minimum Gasteiger partial charge on any atom is -0.367 e. The molecule has 2 aliphatic heterocycles. The van der Waals surface area contributed by atoms with Crippen molar-refractivity contribution in [3.05, 3.63) is 48.5 Å². The smallest absolute Gasteiger partial charge is 0.107 e. The number of hydrogen-bond acceptors (Lipinski definition) is 6. The van der Waals surface area contributed by atoms with Gasteiger partial charge >= 0.3 is 0 Å². The second-order valence-electron chi connectivity index (χ2n) is 6.96. The molecule has 4 nitrogen and oxygen atoms in total. The molecule has 148 valence electrons. The number of thioether (sulfide) groups is 2. The van der Waals surface area contributed by atoms with Gasteiger partial charge in [-0.15, -0.1) is 10.2 Å². The molecule has 0 aromatic heterocycles. The number of hydrogen-bond donors (Lipinski definition) is 0. The average Bonchev–Trinajstić information content (AvgIpc) is 2.76. The lowest BCUT2D eigenvalue weighted by molar-refractivity contribution is 0.0727. The second kappa shape index (κ2) is 10.4. The van der Waals surface area contributed by atoms with Crippen LogP contribution in [-0.4, -0.2) is 24.1 Å². The quantitative estimate of drug-likeness (QED) is 0.464. The molecule has 2 aromatic carbocycles. The second-order valence-corrected chi connectivity index (χ2v) is 9.37. The van der Waals surface area contributed by atoms with Gasteiger partial charge in [-0.25, -0.2) is 0 Å². The van der Waals surface area contributed by atoms with E-state index in [-0.39, 0.29) is 10.9 Å². The molecule has 2 aliphatic rings. The molecule has 2 atom stereocenters. The molecule has 0 aliphatic carbocycles. The van der Waals surface area contributed by atoms with Crippen LogP contribution in [0.5, 0.6) is 0 Å². The molecule has 0 spiro atoms. The lowest BCUT2D eigenvalue weighted by Crippen LogP contribution is -2.15. The van der Waals surface area contributed by atoms with E-state index in [0.29, 0.717) is 0 Å². The van der Waals surface area contributed by atoms with Crippen molar-refractivity contribution in [2.45, 2.75) is 59.2 Å². The van der Waals surface area contributed by atoms with Crippen LogP contribution < -0.4 is 0 Å². The van der Waals surface area contributed by atoms with E-state index in [0.717, 1.165) is 60.1 Å². The van der Waals surface area contributed by atoms with Gasteiger partial charge in [0.2, 0.25) is 0 Å². The molecule has 6 heteroatoms. The molecule has 0 amide bonds. The molecule has 2 fully saturated rings. The summed E-state index contributed by atoms with van der Waals surface area (Å²) >= 11 is 3.52. The summed E-state index contributed by atoms with van der Waals surface area (Å²) in [5, 5.41) is 9.18. The van der Waals surface area contributed by atoms with E-state index in [1.54, 1.807) is 23.5 Å². The Hall–Kier alpha value is -1.34. The predicted octanol–water partition coefficient (Wildman–Crippen LogP) is 7.34. The Labute approximate surface area is 175 Å². The van der Waals surface area contributed by atoms with Gasteiger partial charge in [-0.2, -0.15) is 0 Å². The van der Waals surface area contributed by atoms with Crippen molar-refractivity contribution in [3.63, 3.8) is 0 Å². The van der Waals surface area contributed by atoms with Crippen LogP contribution in [-0.2, 0) is 9.47 Å². The third kappa shape index (κ3) is 5.60. The molecule has 2 heterocycles. The van der Waals surface area contributed by atoms with Crippen molar-refractivity contribution in [1.29, 1.82) is 0 Å². The highest BCUT2D eigenvalue weighted by Gasteiger charge is 2.18. The van der Waals surface area contributed by atoms with E-state index in [9.17, 15) is 0 Å². The minimum absolute atomic E-state index is 0.219. The van der Waals surface area contributed by atoms with Gasteiger partial charge < -0.3 is 9.47 Å². The van der Waals surface area contributed by atoms with Crippen molar-refractivity contribution in [2.75, 3.05) is 13.2 Å². The predicted molar refractivity (Wildman–Crippen MR) is 116 cm³/mol. The van der Waals surface area contributed by atoms with Gasteiger partial charge in [-0.3, -0.25) is 0 Å². The van der Waals surface area contributed by atoms with Crippen LogP contribution in [0.3, 0.4) is 0 Å². The molecular weight excluding hydrogens is 388 g/mol. The van der Waals surface area contributed by atoms with Crippen molar-refractivity contribution >= 4 is 34.9 Å². The Morgan fingerprint density at radius 2 is 1.11 bits per heavy atom. The van der Waals surface area contributed by atoms with Crippen LogP contribution >= 0.6 is 23.5 Å². The number of rotatable bonds is 6. The van der Waals surface area contributed by atoms with E-state index in [1.165, 1.54) is 12.8 Å². The Morgan fingerprint density at radius 3 is 1.54 bits per heavy atom. The van der Waals surface area contributed by atoms with Crippen molar-refractivity contribution in [2.24, 2.45) is 10.2 Å². The zero-order valence-electron chi connectivity index (χ0n) is 16.0. The maximum atomic E-state index is 5.88. The van der Waals surface area contributed by atoms with E-state index >= 15 is 0 Å². The Kier molecular flexibility index (Phi) is 7.44. The number of azo groups is 1. The molecule has 2 saturated heterocycles. The van der Waals surface area contributed by atoms with Gasteiger partial charge in [0.1, 0.15) is 10.9 Å². The number of ether oxygens (including phenoxy) is 2. The van der Waals surface area contributed by atoms with Crippen LogP contribution in [0.15, 0.2) is 68.6 Å². The minimum atomic E-state index is 0.219. The highest BCUT2D eigenvalue weighted by molar-refractivity contribution is 8.00. The normalized spacial score (nSPS) is 23.1. The van der Waals surface area contributed by atoms with Gasteiger partial charge in [-0.1, -0.05) is 47.8 Å². The topological polar surface area (TPSA) is 43.2 Å². The van der Waals surface area contributed by atoms with E-state index in [4.69, 9.17) is 9.47 Å². The first-order chi connectivity index (χ1) is 13.9. The molecule has 0 bridgehead atoms.